The minimum Gasteiger partial charge on any atom is -0.501 e. The quantitative estimate of drug-likeness (QED) is 0.428. The van der Waals surface area contributed by atoms with Crippen molar-refractivity contribution >= 4 is 5.90 Å². The number of methoxy groups -OCH3 is 2. The Morgan fingerprint density at radius 2 is 1.61 bits per heavy atom. The highest BCUT2D eigenvalue weighted by molar-refractivity contribution is 5.71. The fraction of sp³-hybridized carbons (Fsp3) is 0.800. The number of hydrogen-bond donors (Lipinski definition) is 1. The van der Waals surface area contributed by atoms with E-state index in [2.05, 4.69) is 31.6 Å². The average molecular weight is 259 g/mol. The van der Waals surface area contributed by atoms with E-state index >= 15 is 0 Å². The molecule has 0 heterocycles. The van der Waals surface area contributed by atoms with Crippen LogP contribution in [0.2, 0.25) is 0 Å². The second kappa shape index (κ2) is 18.4. The lowest BCUT2D eigenvalue weighted by molar-refractivity contribution is 0.264. The lowest BCUT2D eigenvalue weighted by Gasteiger charge is -2.07. The fourth-order valence-corrected chi connectivity index (χ4v) is 1.02. The zero-order chi connectivity index (χ0) is 15.0. The Kier molecular flexibility index (Phi) is 22.7. The van der Waals surface area contributed by atoms with Crippen LogP contribution in [0.5, 0.6) is 0 Å². The first-order chi connectivity index (χ1) is 8.51. The van der Waals surface area contributed by atoms with Gasteiger partial charge in [0.05, 0.1) is 20.0 Å². The van der Waals surface area contributed by atoms with Gasteiger partial charge in [-0.3, -0.25) is 5.41 Å². The molecule has 110 valence electrons. The van der Waals surface area contributed by atoms with Gasteiger partial charge in [0.1, 0.15) is 0 Å². The van der Waals surface area contributed by atoms with Crippen LogP contribution < -0.4 is 0 Å². The molecule has 3 heteroatoms. The molecular formula is C15H33NO2. The van der Waals surface area contributed by atoms with E-state index in [1.807, 2.05) is 20.8 Å². The summed E-state index contributed by atoms with van der Waals surface area (Å²) < 4.78 is 9.65. The summed E-state index contributed by atoms with van der Waals surface area (Å²) in [4.78, 5) is 0. The number of rotatable bonds is 5. The van der Waals surface area contributed by atoms with Gasteiger partial charge in [0.25, 0.3) is 0 Å². The number of ether oxygens (including phenoxy) is 2. The zero-order valence-corrected chi connectivity index (χ0v) is 13.6. The summed E-state index contributed by atoms with van der Waals surface area (Å²) in [5.74, 6) is 2.16. The molecule has 0 saturated heterocycles. The van der Waals surface area contributed by atoms with Gasteiger partial charge in [-0.05, 0) is 18.4 Å². The molecular weight excluding hydrogens is 226 g/mol. The van der Waals surface area contributed by atoms with Crippen molar-refractivity contribution in [1.29, 1.82) is 5.41 Å². The highest BCUT2D eigenvalue weighted by atomic mass is 16.5. The van der Waals surface area contributed by atoms with E-state index in [-0.39, 0.29) is 0 Å². The van der Waals surface area contributed by atoms with Crippen LogP contribution in [0, 0.1) is 11.3 Å². The van der Waals surface area contributed by atoms with Crippen LogP contribution >= 0.6 is 0 Å². The van der Waals surface area contributed by atoms with Crippen LogP contribution in [0.4, 0.5) is 0 Å². The molecule has 0 aliphatic heterocycles. The molecule has 0 atom stereocenters. The van der Waals surface area contributed by atoms with Gasteiger partial charge < -0.3 is 9.47 Å². The number of hydrogen-bond acceptors (Lipinski definition) is 3. The Labute approximate surface area is 114 Å². The monoisotopic (exact) mass is 259 g/mol. The summed E-state index contributed by atoms with van der Waals surface area (Å²) in [6, 6.07) is 0. The molecule has 0 unspecified atom stereocenters. The van der Waals surface area contributed by atoms with E-state index in [1.54, 1.807) is 7.11 Å². The molecule has 0 spiro atoms. The first-order valence-corrected chi connectivity index (χ1v) is 6.86. The minimum absolute atomic E-state index is 0.343. The zero-order valence-electron chi connectivity index (χ0n) is 13.6. The molecule has 0 aromatic carbocycles. The summed E-state index contributed by atoms with van der Waals surface area (Å²) in [6.45, 7) is 12.4. The first-order valence-electron chi connectivity index (χ1n) is 6.86. The minimum atomic E-state index is 0.343. The van der Waals surface area contributed by atoms with Crippen LogP contribution in [-0.4, -0.2) is 20.1 Å². The first kappa shape index (κ1) is 22.2. The van der Waals surface area contributed by atoms with Gasteiger partial charge in [-0.1, -0.05) is 41.5 Å². The number of nitrogens with one attached hydrogen (secondary N) is 1. The van der Waals surface area contributed by atoms with Crippen molar-refractivity contribution in [3.8, 4) is 0 Å². The van der Waals surface area contributed by atoms with Gasteiger partial charge in [-0.2, -0.15) is 0 Å². The maximum atomic E-state index is 6.76. The van der Waals surface area contributed by atoms with Crippen molar-refractivity contribution in [3.05, 3.63) is 11.8 Å². The van der Waals surface area contributed by atoms with E-state index < -0.39 is 0 Å². The van der Waals surface area contributed by atoms with E-state index in [1.165, 1.54) is 7.11 Å². The van der Waals surface area contributed by atoms with Crippen molar-refractivity contribution in [1.82, 2.24) is 0 Å². The molecule has 0 saturated carbocycles. The van der Waals surface area contributed by atoms with Crippen molar-refractivity contribution in [2.45, 2.75) is 60.8 Å². The molecule has 0 radical (unpaired) electrons. The second-order valence-electron chi connectivity index (χ2n) is 3.86. The Hall–Kier alpha value is -0.990. The molecule has 0 aromatic rings. The molecule has 0 aliphatic rings. The maximum absolute atomic E-state index is 6.76. The standard InChI is InChI=1S/C9H18O.C4H9NO.C2H6/c1-5-6-9(10-4)7-8(2)3;1-3-4(5)6-2;1-2/h6,8H,5,7H2,1-4H3;5H,3H2,1-2H3;1-2H3/b9-6-;;. The lowest BCUT2D eigenvalue weighted by atomic mass is 10.1. The molecule has 0 bridgehead atoms. The highest BCUT2D eigenvalue weighted by Gasteiger charge is 1.98. The number of allylic oxidation sites excluding steroid dienone is 2. The van der Waals surface area contributed by atoms with E-state index in [0.717, 1.165) is 18.6 Å². The third kappa shape index (κ3) is 20.4. The molecule has 1 N–H and O–H groups in total. The van der Waals surface area contributed by atoms with Crippen LogP contribution in [0.1, 0.15) is 60.8 Å². The molecule has 0 aromatic heterocycles. The SMILES string of the molecule is CC.CC/C=C(/CC(C)C)OC.CCC(=N)OC. The average Bonchev–Trinajstić information content (AvgIpc) is 2.39. The maximum Gasteiger partial charge on any atom is 0.179 e. The lowest BCUT2D eigenvalue weighted by Crippen LogP contribution is -1.93. The Balaban J connectivity index is -0.000000241. The van der Waals surface area contributed by atoms with Gasteiger partial charge in [0.2, 0.25) is 0 Å². The largest absolute Gasteiger partial charge is 0.501 e. The van der Waals surface area contributed by atoms with Gasteiger partial charge in [0, 0.05) is 12.8 Å². The summed E-state index contributed by atoms with van der Waals surface area (Å²) >= 11 is 0. The van der Waals surface area contributed by atoms with Crippen molar-refractivity contribution in [3.63, 3.8) is 0 Å². The van der Waals surface area contributed by atoms with Crippen LogP contribution in [0.25, 0.3) is 0 Å². The second-order valence-corrected chi connectivity index (χ2v) is 3.86. The predicted molar refractivity (Wildman–Crippen MR) is 81.2 cm³/mol. The molecule has 3 nitrogen and oxygen atoms in total. The summed E-state index contributed by atoms with van der Waals surface area (Å²) in [5.41, 5.74) is 0. The third-order valence-electron chi connectivity index (χ3n) is 1.87. The molecule has 0 fully saturated rings. The predicted octanol–water partition coefficient (Wildman–Crippen LogP) is 5.02. The van der Waals surface area contributed by atoms with Crippen LogP contribution in [0.3, 0.4) is 0 Å². The Morgan fingerprint density at radius 3 is 1.78 bits per heavy atom. The van der Waals surface area contributed by atoms with E-state index in [0.29, 0.717) is 18.2 Å². The third-order valence-corrected chi connectivity index (χ3v) is 1.87. The van der Waals surface area contributed by atoms with E-state index in [9.17, 15) is 0 Å². The van der Waals surface area contributed by atoms with Crippen molar-refractivity contribution in [2.75, 3.05) is 14.2 Å². The van der Waals surface area contributed by atoms with Crippen molar-refractivity contribution < 1.29 is 9.47 Å². The molecule has 0 rings (SSSR count). The Bertz CT molecular complexity index is 193. The highest BCUT2D eigenvalue weighted by Crippen LogP contribution is 2.11. The van der Waals surface area contributed by atoms with Gasteiger partial charge in [-0.15, -0.1) is 0 Å². The van der Waals surface area contributed by atoms with Crippen LogP contribution in [-0.2, 0) is 9.47 Å². The summed E-state index contributed by atoms with van der Waals surface area (Å²) in [6.07, 6.45) is 4.96. The van der Waals surface area contributed by atoms with Crippen LogP contribution in [0.15, 0.2) is 11.8 Å². The summed E-state index contributed by atoms with van der Waals surface area (Å²) in [5, 5.41) is 6.76. The van der Waals surface area contributed by atoms with E-state index in [4.69, 9.17) is 10.1 Å². The van der Waals surface area contributed by atoms with Gasteiger partial charge in [0.15, 0.2) is 5.90 Å². The topological polar surface area (TPSA) is 42.3 Å². The summed E-state index contributed by atoms with van der Waals surface area (Å²) in [7, 11) is 3.25. The Morgan fingerprint density at radius 1 is 1.11 bits per heavy atom. The molecule has 18 heavy (non-hydrogen) atoms. The van der Waals surface area contributed by atoms with Gasteiger partial charge >= 0.3 is 0 Å². The molecule has 0 amide bonds. The smallest absolute Gasteiger partial charge is 0.179 e. The normalized spacial score (nSPS) is 9.72. The van der Waals surface area contributed by atoms with Gasteiger partial charge in [-0.25, -0.2) is 0 Å². The van der Waals surface area contributed by atoms with Crippen molar-refractivity contribution in [2.24, 2.45) is 5.92 Å². The fourth-order valence-electron chi connectivity index (χ4n) is 1.02. The molecule has 0 aliphatic carbocycles.